The number of benzene rings is 2. The highest BCUT2D eigenvalue weighted by Gasteiger charge is 2.25. The van der Waals surface area contributed by atoms with Crippen molar-refractivity contribution in [2.24, 2.45) is 5.73 Å². The van der Waals surface area contributed by atoms with E-state index in [1.54, 1.807) is 42.5 Å². The highest BCUT2D eigenvalue weighted by molar-refractivity contribution is 7.92. The molecule has 0 radical (unpaired) electrons. The Hall–Kier alpha value is -2.54. The van der Waals surface area contributed by atoms with Crippen molar-refractivity contribution in [2.45, 2.75) is 25.2 Å². The fourth-order valence-corrected chi connectivity index (χ4v) is 3.90. The zero-order chi connectivity index (χ0) is 18.6. The number of carbonyl (C=O) groups excluding carboxylic acids is 1. The van der Waals surface area contributed by atoms with Gasteiger partial charge in [-0.05, 0) is 61.4 Å². The maximum atomic E-state index is 13.1. The summed E-state index contributed by atoms with van der Waals surface area (Å²) < 4.78 is 32.5. The number of rotatable bonds is 7. The van der Waals surface area contributed by atoms with Gasteiger partial charge in [0.15, 0.2) is 0 Å². The predicted molar refractivity (Wildman–Crippen MR) is 97.3 cm³/mol. The molecule has 134 valence electrons. The molecular weight excluding hydrogens is 340 g/mol. The minimum absolute atomic E-state index is 0.0308. The number of sulfonamides is 1. The molecule has 0 heterocycles. The monoisotopic (exact) mass is 362 g/mol. The molecule has 0 aromatic heterocycles. The molecule has 6 nitrogen and oxygen atoms in total. The van der Waals surface area contributed by atoms with Crippen molar-refractivity contribution in [3.8, 4) is 5.75 Å². The molecule has 0 atom stereocenters. The Morgan fingerprint density at radius 1 is 1.08 bits per heavy atom. The molecule has 2 aromatic carbocycles. The molecule has 25 heavy (non-hydrogen) atoms. The highest BCUT2D eigenvalue weighted by atomic mass is 32.2. The minimum atomic E-state index is -3.82. The van der Waals surface area contributed by atoms with Gasteiger partial charge in [-0.25, -0.2) is 8.42 Å². The van der Waals surface area contributed by atoms with Crippen LogP contribution in [0, 0.1) is 13.8 Å². The molecule has 0 saturated carbocycles. The van der Waals surface area contributed by atoms with Gasteiger partial charge in [0, 0.05) is 13.0 Å². The van der Waals surface area contributed by atoms with E-state index in [0.717, 1.165) is 11.1 Å². The lowest BCUT2D eigenvalue weighted by Gasteiger charge is -2.24. The van der Waals surface area contributed by atoms with Gasteiger partial charge in [0.2, 0.25) is 5.91 Å². The number of carbonyl (C=O) groups is 1. The number of primary amides is 1. The molecule has 0 aliphatic heterocycles. The number of nitrogens with two attached hydrogens (primary N) is 1. The van der Waals surface area contributed by atoms with Crippen LogP contribution in [0.2, 0.25) is 0 Å². The van der Waals surface area contributed by atoms with Gasteiger partial charge < -0.3 is 10.5 Å². The summed E-state index contributed by atoms with van der Waals surface area (Å²) in [5, 5.41) is 0. The van der Waals surface area contributed by atoms with Crippen LogP contribution >= 0.6 is 0 Å². The summed E-state index contributed by atoms with van der Waals surface area (Å²) >= 11 is 0. The molecule has 2 rings (SSSR count). The third kappa shape index (κ3) is 4.30. The molecule has 0 unspecified atom stereocenters. The van der Waals surface area contributed by atoms with E-state index in [0.29, 0.717) is 11.4 Å². The van der Waals surface area contributed by atoms with Gasteiger partial charge >= 0.3 is 0 Å². The van der Waals surface area contributed by atoms with Crippen molar-refractivity contribution in [1.29, 1.82) is 0 Å². The summed E-state index contributed by atoms with van der Waals surface area (Å²) in [5.41, 5.74) is 7.54. The lowest BCUT2D eigenvalue weighted by atomic mass is 10.1. The van der Waals surface area contributed by atoms with Crippen molar-refractivity contribution in [3.05, 3.63) is 53.6 Å². The molecule has 2 N–H and O–H groups in total. The Balaban J connectivity index is 2.48. The Morgan fingerprint density at radius 2 is 1.72 bits per heavy atom. The second kappa shape index (κ2) is 7.57. The first-order chi connectivity index (χ1) is 11.8. The standard InChI is InChI=1S/C18H22N2O4S/c1-13-4-9-17(12-14(13)2)25(22,23)20(11-10-18(19)21)15-5-7-16(24-3)8-6-15/h4-9,12H,10-11H2,1-3H3,(H2,19,21). The predicted octanol–water partition coefficient (Wildman–Crippen LogP) is 2.38. The van der Waals surface area contributed by atoms with Gasteiger partial charge in [-0.2, -0.15) is 0 Å². The van der Waals surface area contributed by atoms with Gasteiger partial charge in [0.25, 0.3) is 10.0 Å². The maximum Gasteiger partial charge on any atom is 0.264 e. The molecule has 0 aliphatic rings. The number of methoxy groups -OCH3 is 1. The average Bonchev–Trinajstić information content (AvgIpc) is 2.57. The second-order valence-electron chi connectivity index (χ2n) is 5.74. The minimum Gasteiger partial charge on any atom is -0.497 e. The number of nitrogens with zero attached hydrogens (tertiary/aromatic N) is 1. The van der Waals surface area contributed by atoms with Crippen LogP contribution < -0.4 is 14.8 Å². The van der Waals surface area contributed by atoms with Gasteiger partial charge in [0.05, 0.1) is 17.7 Å². The summed E-state index contributed by atoms with van der Waals surface area (Å²) in [6, 6.07) is 11.6. The largest absolute Gasteiger partial charge is 0.497 e. The first-order valence-corrected chi connectivity index (χ1v) is 9.22. The zero-order valence-electron chi connectivity index (χ0n) is 14.5. The summed E-state index contributed by atoms with van der Waals surface area (Å²) in [6.45, 7) is 3.74. The fraction of sp³-hybridized carbons (Fsp3) is 0.278. The summed E-state index contributed by atoms with van der Waals surface area (Å²) in [7, 11) is -2.29. The fourth-order valence-electron chi connectivity index (χ4n) is 2.35. The Morgan fingerprint density at radius 3 is 2.24 bits per heavy atom. The van der Waals surface area contributed by atoms with Crippen molar-refractivity contribution in [1.82, 2.24) is 0 Å². The average molecular weight is 362 g/mol. The number of anilines is 1. The zero-order valence-corrected chi connectivity index (χ0v) is 15.3. The van der Waals surface area contributed by atoms with E-state index in [-0.39, 0.29) is 17.9 Å². The first-order valence-electron chi connectivity index (χ1n) is 7.78. The number of aryl methyl sites for hydroxylation is 2. The highest BCUT2D eigenvalue weighted by Crippen LogP contribution is 2.27. The molecule has 0 saturated heterocycles. The molecule has 0 fully saturated rings. The van der Waals surface area contributed by atoms with Gasteiger partial charge in [0.1, 0.15) is 5.75 Å². The van der Waals surface area contributed by atoms with E-state index in [1.165, 1.54) is 11.4 Å². The number of amides is 1. The van der Waals surface area contributed by atoms with E-state index in [1.807, 2.05) is 13.8 Å². The smallest absolute Gasteiger partial charge is 0.264 e. The Kier molecular flexibility index (Phi) is 5.69. The third-order valence-corrected chi connectivity index (χ3v) is 5.81. The third-order valence-electron chi connectivity index (χ3n) is 3.99. The van der Waals surface area contributed by atoms with Gasteiger partial charge in [-0.15, -0.1) is 0 Å². The van der Waals surface area contributed by atoms with Crippen molar-refractivity contribution >= 4 is 21.6 Å². The van der Waals surface area contributed by atoms with Gasteiger partial charge in [-0.1, -0.05) is 6.07 Å². The maximum absolute atomic E-state index is 13.1. The molecule has 1 amide bonds. The normalized spacial score (nSPS) is 11.2. The van der Waals surface area contributed by atoms with E-state index in [9.17, 15) is 13.2 Å². The number of ether oxygens (including phenoxy) is 1. The lowest BCUT2D eigenvalue weighted by Crippen LogP contribution is -2.34. The molecule has 0 spiro atoms. The topological polar surface area (TPSA) is 89.7 Å². The van der Waals surface area contributed by atoms with E-state index in [4.69, 9.17) is 10.5 Å². The van der Waals surface area contributed by atoms with Crippen molar-refractivity contribution in [2.75, 3.05) is 18.0 Å². The summed E-state index contributed by atoms with van der Waals surface area (Å²) in [4.78, 5) is 11.4. The van der Waals surface area contributed by atoms with Crippen LogP contribution in [0.15, 0.2) is 47.4 Å². The molecule has 2 aromatic rings. The first kappa shape index (κ1) is 18.8. The van der Waals surface area contributed by atoms with Crippen LogP contribution in [0.4, 0.5) is 5.69 Å². The summed E-state index contributed by atoms with van der Waals surface area (Å²) in [5.74, 6) is 0.0518. The SMILES string of the molecule is COc1ccc(N(CCC(N)=O)S(=O)(=O)c2ccc(C)c(C)c2)cc1. The van der Waals surface area contributed by atoms with Crippen LogP contribution in [-0.2, 0) is 14.8 Å². The van der Waals surface area contributed by atoms with Crippen LogP contribution in [0.3, 0.4) is 0 Å². The van der Waals surface area contributed by atoms with Crippen LogP contribution in [0.25, 0.3) is 0 Å². The molecule has 0 aliphatic carbocycles. The molecule has 7 heteroatoms. The van der Waals surface area contributed by atoms with Gasteiger partial charge in [-0.3, -0.25) is 9.10 Å². The second-order valence-corrected chi connectivity index (χ2v) is 7.60. The van der Waals surface area contributed by atoms with Crippen molar-refractivity contribution in [3.63, 3.8) is 0 Å². The summed E-state index contributed by atoms with van der Waals surface area (Å²) in [6.07, 6.45) is -0.0733. The quantitative estimate of drug-likeness (QED) is 0.819. The van der Waals surface area contributed by atoms with E-state index >= 15 is 0 Å². The van der Waals surface area contributed by atoms with Crippen LogP contribution in [0.5, 0.6) is 5.75 Å². The number of hydrogen-bond donors (Lipinski definition) is 1. The van der Waals surface area contributed by atoms with E-state index in [2.05, 4.69) is 0 Å². The Bertz CT molecular complexity index is 861. The molecule has 0 bridgehead atoms. The van der Waals surface area contributed by atoms with Crippen LogP contribution in [-0.4, -0.2) is 28.0 Å². The van der Waals surface area contributed by atoms with Crippen molar-refractivity contribution < 1.29 is 17.9 Å². The van der Waals surface area contributed by atoms with Crippen LogP contribution in [0.1, 0.15) is 17.5 Å². The Labute approximate surface area is 148 Å². The number of hydrogen-bond acceptors (Lipinski definition) is 4. The van der Waals surface area contributed by atoms with E-state index < -0.39 is 15.9 Å². The molecular formula is C18H22N2O4S. The lowest BCUT2D eigenvalue weighted by molar-refractivity contribution is -0.117.